The van der Waals surface area contributed by atoms with E-state index in [4.69, 9.17) is 4.74 Å². The van der Waals surface area contributed by atoms with Crippen LogP contribution in [0.1, 0.15) is 31.9 Å². The summed E-state index contributed by atoms with van der Waals surface area (Å²) >= 11 is 0. The molecular formula is C15H21F3N2O2. The lowest BCUT2D eigenvalue weighted by atomic mass is 10.1. The van der Waals surface area contributed by atoms with Gasteiger partial charge >= 0.3 is 12.3 Å². The molecule has 0 aliphatic carbocycles. The van der Waals surface area contributed by atoms with Crippen molar-refractivity contribution < 1.29 is 22.7 Å². The Morgan fingerprint density at radius 2 is 1.77 bits per heavy atom. The van der Waals surface area contributed by atoms with Crippen molar-refractivity contribution in [2.75, 3.05) is 13.1 Å². The highest BCUT2D eigenvalue weighted by atomic mass is 19.4. The average molecular weight is 318 g/mol. The molecule has 0 fully saturated rings. The van der Waals surface area contributed by atoms with Crippen molar-refractivity contribution in [3.05, 3.63) is 35.4 Å². The fourth-order valence-corrected chi connectivity index (χ4v) is 1.74. The van der Waals surface area contributed by atoms with Crippen molar-refractivity contribution in [3.8, 4) is 0 Å². The Bertz CT molecular complexity index is 496. The summed E-state index contributed by atoms with van der Waals surface area (Å²) in [6.07, 6.45) is -4.92. The highest BCUT2D eigenvalue weighted by Gasteiger charge is 2.32. The van der Waals surface area contributed by atoms with Crippen LogP contribution in [-0.4, -0.2) is 24.8 Å². The number of hydrogen-bond donors (Lipinski definition) is 2. The van der Waals surface area contributed by atoms with Crippen molar-refractivity contribution in [2.45, 2.75) is 39.1 Å². The van der Waals surface area contributed by atoms with Crippen molar-refractivity contribution in [3.63, 3.8) is 0 Å². The molecule has 0 spiro atoms. The monoisotopic (exact) mass is 318 g/mol. The lowest BCUT2D eigenvalue weighted by Gasteiger charge is -2.19. The molecule has 2 N–H and O–H groups in total. The van der Waals surface area contributed by atoms with Crippen molar-refractivity contribution >= 4 is 6.09 Å². The predicted molar refractivity (Wildman–Crippen MR) is 77.4 cm³/mol. The van der Waals surface area contributed by atoms with Crippen LogP contribution in [0.15, 0.2) is 24.3 Å². The summed E-state index contributed by atoms with van der Waals surface area (Å²) in [6, 6.07) is 5.40. The van der Waals surface area contributed by atoms with Gasteiger partial charge in [-0.15, -0.1) is 0 Å². The zero-order valence-corrected chi connectivity index (χ0v) is 12.9. The summed E-state index contributed by atoms with van der Waals surface area (Å²) in [5.41, 5.74) is -1.06. The molecular weight excluding hydrogens is 297 g/mol. The molecule has 1 rings (SSSR count). The number of alkyl carbamates (subject to hydrolysis) is 1. The molecule has 0 heterocycles. The number of hydrogen-bond acceptors (Lipinski definition) is 3. The number of nitrogens with one attached hydrogen (secondary N) is 2. The maximum absolute atomic E-state index is 12.8. The van der Waals surface area contributed by atoms with Gasteiger partial charge in [-0.25, -0.2) is 4.79 Å². The van der Waals surface area contributed by atoms with E-state index >= 15 is 0 Å². The van der Waals surface area contributed by atoms with Gasteiger partial charge in [-0.05, 0) is 32.4 Å². The minimum Gasteiger partial charge on any atom is -0.444 e. The van der Waals surface area contributed by atoms with Gasteiger partial charge in [-0.1, -0.05) is 18.2 Å². The summed E-state index contributed by atoms with van der Waals surface area (Å²) in [6.45, 7) is 5.93. The van der Waals surface area contributed by atoms with E-state index in [1.807, 2.05) is 0 Å². The van der Waals surface area contributed by atoms with Crippen LogP contribution in [0.25, 0.3) is 0 Å². The van der Waals surface area contributed by atoms with Crippen molar-refractivity contribution in [1.29, 1.82) is 0 Å². The molecule has 0 aliphatic rings. The zero-order chi connectivity index (χ0) is 16.8. The van der Waals surface area contributed by atoms with Gasteiger partial charge in [0.15, 0.2) is 0 Å². The smallest absolute Gasteiger partial charge is 0.416 e. The Morgan fingerprint density at radius 1 is 1.14 bits per heavy atom. The van der Waals surface area contributed by atoms with E-state index in [-0.39, 0.29) is 18.7 Å². The van der Waals surface area contributed by atoms with Crippen LogP contribution in [0.2, 0.25) is 0 Å². The summed E-state index contributed by atoms with van der Waals surface area (Å²) in [7, 11) is 0. The largest absolute Gasteiger partial charge is 0.444 e. The van der Waals surface area contributed by atoms with Gasteiger partial charge in [0.2, 0.25) is 0 Å². The first kappa shape index (κ1) is 18.3. The van der Waals surface area contributed by atoms with Gasteiger partial charge in [0.05, 0.1) is 5.56 Å². The molecule has 0 atom stereocenters. The normalized spacial score (nSPS) is 12.1. The van der Waals surface area contributed by atoms with Gasteiger partial charge < -0.3 is 15.4 Å². The zero-order valence-electron chi connectivity index (χ0n) is 12.9. The highest BCUT2D eigenvalue weighted by molar-refractivity contribution is 5.67. The topological polar surface area (TPSA) is 50.4 Å². The van der Waals surface area contributed by atoms with Gasteiger partial charge in [-0.3, -0.25) is 0 Å². The molecule has 1 aromatic carbocycles. The lowest BCUT2D eigenvalue weighted by molar-refractivity contribution is -0.138. The number of alkyl halides is 3. The number of ether oxygens (including phenoxy) is 1. The molecule has 0 bridgehead atoms. The Kier molecular flexibility index (Phi) is 6.22. The molecule has 0 unspecified atom stereocenters. The van der Waals surface area contributed by atoms with Crippen LogP contribution < -0.4 is 10.6 Å². The van der Waals surface area contributed by atoms with E-state index in [1.54, 1.807) is 26.8 Å². The third-order valence-corrected chi connectivity index (χ3v) is 2.61. The number of halogens is 3. The van der Waals surface area contributed by atoms with Crippen molar-refractivity contribution in [1.82, 2.24) is 10.6 Å². The third kappa shape index (κ3) is 6.80. The van der Waals surface area contributed by atoms with E-state index in [9.17, 15) is 18.0 Å². The van der Waals surface area contributed by atoms with Crippen LogP contribution >= 0.6 is 0 Å². The molecule has 0 radical (unpaired) electrons. The van der Waals surface area contributed by atoms with Crippen molar-refractivity contribution in [2.24, 2.45) is 0 Å². The molecule has 124 valence electrons. The van der Waals surface area contributed by atoms with E-state index in [1.165, 1.54) is 12.1 Å². The summed E-state index contributed by atoms with van der Waals surface area (Å²) in [5, 5.41) is 5.39. The minimum absolute atomic E-state index is 0.0751. The Morgan fingerprint density at radius 3 is 2.36 bits per heavy atom. The van der Waals surface area contributed by atoms with Crippen LogP contribution in [0.5, 0.6) is 0 Å². The van der Waals surface area contributed by atoms with E-state index in [0.717, 1.165) is 6.07 Å². The SMILES string of the molecule is CC(C)(C)OC(=O)NCCNCc1ccccc1C(F)(F)F. The van der Waals surface area contributed by atoms with E-state index in [2.05, 4.69) is 10.6 Å². The number of benzene rings is 1. The Labute approximate surface area is 128 Å². The van der Waals surface area contributed by atoms with Gasteiger partial charge in [0, 0.05) is 19.6 Å². The first-order chi connectivity index (χ1) is 10.1. The second-order valence-electron chi connectivity index (χ2n) is 5.76. The van der Waals surface area contributed by atoms with Crippen LogP contribution in [-0.2, 0) is 17.5 Å². The lowest BCUT2D eigenvalue weighted by Crippen LogP contribution is -2.36. The van der Waals surface area contributed by atoms with Gasteiger partial charge in [-0.2, -0.15) is 13.2 Å². The number of rotatable bonds is 5. The molecule has 1 amide bonds. The number of carbonyl (C=O) groups excluding carboxylic acids is 1. The fraction of sp³-hybridized carbons (Fsp3) is 0.533. The highest BCUT2D eigenvalue weighted by Crippen LogP contribution is 2.31. The molecule has 0 saturated heterocycles. The predicted octanol–water partition coefficient (Wildman–Crippen LogP) is 3.32. The van der Waals surface area contributed by atoms with Crippen LogP contribution in [0.4, 0.5) is 18.0 Å². The first-order valence-corrected chi connectivity index (χ1v) is 6.92. The van der Waals surface area contributed by atoms with Gasteiger partial charge in [0.1, 0.15) is 5.60 Å². The van der Waals surface area contributed by atoms with Crippen LogP contribution in [0.3, 0.4) is 0 Å². The van der Waals surface area contributed by atoms with E-state index < -0.39 is 23.4 Å². The standard InChI is InChI=1S/C15H21F3N2O2/c1-14(2,3)22-13(21)20-9-8-19-10-11-6-4-5-7-12(11)15(16,17)18/h4-7,19H,8-10H2,1-3H3,(H,20,21). The van der Waals surface area contributed by atoms with Crippen LogP contribution in [0, 0.1) is 0 Å². The second-order valence-corrected chi connectivity index (χ2v) is 5.76. The number of carbonyl (C=O) groups is 1. The molecule has 4 nitrogen and oxygen atoms in total. The van der Waals surface area contributed by atoms with Gasteiger partial charge in [0.25, 0.3) is 0 Å². The van der Waals surface area contributed by atoms with E-state index in [0.29, 0.717) is 6.54 Å². The molecule has 0 aliphatic heterocycles. The average Bonchev–Trinajstić information content (AvgIpc) is 2.35. The maximum Gasteiger partial charge on any atom is 0.416 e. The fourth-order valence-electron chi connectivity index (χ4n) is 1.74. The second kappa shape index (κ2) is 7.49. The molecule has 7 heteroatoms. The Hall–Kier alpha value is -1.76. The first-order valence-electron chi connectivity index (χ1n) is 6.92. The summed E-state index contributed by atoms with van der Waals surface area (Å²) < 4.78 is 43.4. The molecule has 1 aromatic rings. The molecule has 0 aromatic heterocycles. The maximum atomic E-state index is 12.8. The molecule has 0 saturated carbocycles. The third-order valence-electron chi connectivity index (χ3n) is 2.61. The number of amides is 1. The minimum atomic E-state index is -4.37. The quantitative estimate of drug-likeness (QED) is 0.819. The summed E-state index contributed by atoms with van der Waals surface area (Å²) in [5.74, 6) is 0. The Balaban J connectivity index is 2.36. The molecule has 22 heavy (non-hydrogen) atoms. The summed E-state index contributed by atoms with van der Waals surface area (Å²) in [4.78, 5) is 11.4.